The molecule has 3 nitrogen and oxygen atoms in total. The Hall–Kier alpha value is -1.35. The van der Waals surface area contributed by atoms with Crippen molar-refractivity contribution in [3.8, 4) is 0 Å². The van der Waals surface area contributed by atoms with Crippen LogP contribution in [0.2, 0.25) is 0 Å². The van der Waals surface area contributed by atoms with Gasteiger partial charge in [-0.05, 0) is 49.4 Å². The second kappa shape index (κ2) is 5.11. The molecule has 0 spiro atoms. The van der Waals surface area contributed by atoms with Crippen molar-refractivity contribution in [2.75, 3.05) is 6.54 Å². The lowest BCUT2D eigenvalue weighted by Gasteiger charge is -2.10. The molecule has 0 bridgehead atoms. The molecule has 0 atom stereocenters. The van der Waals surface area contributed by atoms with E-state index in [0.29, 0.717) is 6.54 Å². The molecular formula is C15H21N3. The van der Waals surface area contributed by atoms with Crippen molar-refractivity contribution < 1.29 is 0 Å². The number of nitrogens with two attached hydrogens (primary N) is 1. The van der Waals surface area contributed by atoms with Crippen LogP contribution in [0.4, 0.5) is 0 Å². The van der Waals surface area contributed by atoms with E-state index in [9.17, 15) is 0 Å². The first-order valence-corrected chi connectivity index (χ1v) is 7.01. The normalized spacial score (nSPS) is 16.7. The minimum absolute atomic E-state index is 0.706. The van der Waals surface area contributed by atoms with Gasteiger partial charge in [-0.2, -0.15) is 0 Å². The third-order valence-corrected chi connectivity index (χ3v) is 4.06. The van der Waals surface area contributed by atoms with E-state index in [4.69, 9.17) is 5.73 Å². The minimum Gasteiger partial charge on any atom is -0.332 e. The molecule has 1 aliphatic carbocycles. The van der Waals surface area contributed by atoms with Crippen LogP contribution >= 0.6 is 0 Å². The average Bonchev–Trinajstić information content (AvgIpc) is 3.00. The summed E-state index contributed by atoms with van der Waals surface area (Å²) in [7, 11) is 0. The molecular weight excluding hydrogens is 222 g/mol. The molecule has 1 fully saturated rings. The van der Waals surface area contributed by atoms with Gasteiger partial charge in [0.05, 0.1) is 0 Å². The molecule has 2 N–H and O–H groups in total. The van der Waals surface area contributed by atoms with Crippen LogP contribution in [0.3, 0.4) is 0 Å². The summed E-state index contributed by atoms with van der Waals surface area (Å²) < 4.78 is 2.34. The lowest BCUT2D eigenvalue weighted by atomic mass is 10.1. The van der Waals surface area contributed by atoms with E-state index < -0.39 is 0 Å². The summed E-state index contributed by atoms with van der Waals surface area (Å²) in [6.45, 7) is 1.83. The molecule has 0 unspecified atom stereocenters. The summed E-state index contributed by atoms with van der Waals surface area (Å²) in [6.07, 6.45) is 10.6. The predicted octanol–water partition coefficient (Wildman–Crippen LogP) is 2.73. The number of nitrogens with zero attached hydrogens (tertiary/aromatic N) is 2. The minimum atomic E-state index is 0.706. The smallest absolute Gasteiger partial charge is 0.140 e. The van der Waals surface area contributed by atoms with Gasteiger partial charge in [0.1, 0.15) is 5.65 Å². The molecule has 2 heterocycles. The van der Waals surface area contributed by atoms with Crippen LogP contribution in [-0.2, 0) is 13.0 Å². The Bertz CT molecular complexity index is 524. The molecule has 0 aromatic carbocycles. The van der Waals surface area contributed by atoms with Gasteiger partial charge in [0, 0.05) is 24.3 Å². The van der Waals surface area contributed by atoms with E-state index in [2.05, 4.69) is 21.8 Å². The Morgan fingerprint density at radius 2 is 2.17 bits per heavy atom. The largest absolute Gasteiger partial charge is 0.332 e. The van der Waals surface area contributed by atoms with Crippen LogP contribution < -0.4 is 5.73 Å². The summed E-state index contributed by atoms with van der Waals surface area (Å²) in [5, 5.41) is 1.28. The Morgan fingerprint density at radius 3 is 2.94 bits per heavy atom. The summed E-state index contributed by atoms with van der Waals surface area (Å²) in [5.41, 5.74) is 8.17. The molecule has 0 aliphatic heterocycles. The average molecular weight is 243 g/mol. The standard InChI is InChI=1S/C15H21N3/c16-8-7-13-11-18(10-12-4-1-2-5-12)15-14(13)6-3-9-17-15/h3,6,9,11-12H,1-2,4-5,7-8,10,16H2. The van der Waals surface area contributed by atoms with Crippen molar-refractivity contribution in [3.63, 3.8) is 0 Å². The number of hydrogen-bond donors (Lipinski definition) is 1. The molecule has 96 valence electrons. The predicted molar refractivity (Wildman–Crippen MR) is 74.4 cm³/mol. The molecule has 1 aliphatic rings. The molecule has 0 amide bonds. The maximum absolute atomic E-state index is 5.69. The topological polar surface area (TPSA) is 43.8 Å². The fourth-order valence-corrected chi connectivity index (χ4v) is 3.16. The quantitative estimate of drug-likeness (QED) is 0.897. The van der Waals surface area contributed by atoms with Crippen LogP contribution in [0, 0.1) is 5.92 Å². The van der Waals surface area contributed by atoms with Gasteiger partial charge in [-0.25, -0.2) is 4.98 Å². The molecule has 18 heavy (non-hydrogen) atoms. The fraction of sp³-hybridized carbons (Fsp3) is 0.533. The van der Waals surface area contributed by atoms with Crippen molar-refractivity contribution in [2.24, 2.45) is 11.7 Å². The van der Waals surface area contributed by atoms with E-state index in [0.717, 1.165) is 24.5 Å². The maximum atomic E-state index is 5.69. The van der Waals surface area contributed by atoms with Crippen molar-refractivity contribution >= 4 is 11.0 Å². The summed E-state index contributed by atoms with van der Waals surface area (Å²) in [5.74, 6) is 0.841. The van der Waals surface area contributed by atoms with Crippen LogP contribution in [-0.4, -0.2) is 16.1 Å². The fourth-order valence-electron chi connectivity index (χ4n) is 3.16. The van der Waals surface area contributed by atoms with Gasteiger partial charge in [0.25, 0.3) is 0 Å². The number of pyridine rings is 1. The van der Waals surface area contributed by atoms with E-state index in [1.807, 2.05) is 12.3 Å². The Balaban J connectivity index is 1.94. The van der Waals surface area contributed by atoms with Gasteiger partial charge < -0.3 is 10.3 Å². The van der Waals surface area contributed by atoms with Gasteiger partial charge in [-0.15, -0.1) is 0 Å². The van der Waals surface area contributed by atoms with Crippen molar-refractivity contribution in [1.82, 2.24) is 9.55 Å². The molecule has 1 saturated carbocycles. The summed E-state index contributed by atoms with van der Waals surface area (Å²) in [6, 6.07) is 4.18. The molecule has 3 rings (SSSR count). The lowest BCUT2D eigenvalue weighted by molar-refractivity contribution is 0.464. The highest BCUT2D eigenvalue weighted by Crippen LogP contribution is 2.28. The first-order valence-electron chi connectivity index (χ1n) is 7.01. The highest BCUT2D eigenvalue weighted by molar-refractivity contribution is 5.80. The molecule has 2 aromatic heterocycles. The van der Waals surface area contributed by atoms with E-state index in [1.165, 1.54) is 36.6 Å². The number of hydrogen-bond acceptors (Lipinski definition) is 2. The molecule has 2 aromatic rings. The third-order valence-electron chi connectivity index (χ3n) is 4.06. The highest BCUT2D eigenvalue weighted by Gasteiger charge is 2.17. The van der Waals surface area contributed by atoms with Crippen LogP contribution in [0.5, 0.6) is 0 Å². The highest BCUT2D eigenvalue weighted by atomic mass is 15.0. The molecule has 3 heteroatoms. The van der Waals surface area contributed by atoms with Crippen LogP contribution in [0.25, 0.3) is 11.0 Å². The van der Waals surface area contributed by atoms with E-state index in [-0.39, 0.29) is 0 Å². The summed E-state index contributed by atoms with van der Waals surface area (Å²) >= 11 is 0. The zero-order chi connectivity index (χ0) is 12.4. The van der Waals surface area contributed by atoms with Crippen molar-refractivity contribution in [3.05, 3.63) is 30.1 Å². The van der Waals surface area contributed by atoms with Gasteiger partial charge >= 0.3 is 0 Å². The van der Waals surface area contributed by atoms with Crippen LogP contribution in [0.15, 0.2) is 24.5 Å². The van der Waals surface area contributed by atoms with Crippen LogP contribution in [0.1, 0.15) is 31.2 Å². The van der Waals surface area contributed by atoms with E-state index >= 15 is 0 Å². The Morgan fingerprint density at radius 1 is 1.33 bits per heavy atom. The summed E-state index contributed by atoms with van der Waals surface area (Å²) in [4.78, 5) is 4.55. The zero-order valence-electron chi connectivity index (χ0n) is 10.8. The van der Waals surface area contributed by atoms with Gasteiger partial charge in [-0.3, -0.25) is 0 Å². The Kier molecular flexibility index (Phi) is 3.33. The SMILES string of the molecule is NCCc1cn(CC2CCCC2)c2ncccc12. The second-order valence-corrected chi connectivity index (χ2v) is 5.37. The zero-order valence-corrected chi connectivity index (χ0v) is 10.8. The van der Waals surface area contributed by atoms with Crippen molar-refractivity contribution in [2.45, 2.75) is 38.6 Å². The number of rotatable bonds is 4. The maximum Gasteiger partial charge on any atom is 0.140 e. The first-order chi connectivity index (χ1) is 8.88. The Labute approximate surface area is 108 Å². The number of fused-ring (bicyclic) bond motifs is 1. The molecule has 0 radical (unpaired) electrons. The number of aromatic nitrogens is 2. The first kappa shape index (κ1) is 11.7. The van der Waals surface area contributed by atoms with Gasteiger partial charge in [0.15, 0.2) is 0 Å². The van der Waals surface area contributed by atoms with E-state index in [1.54, 1.807) is 0 Å². The van der Waals surface area contributed by atoms with Crippen molar-refractivity contribution in [1.29, 1.82) is 0 Å². The lowest BCUT2D eigenvalue weighted by Crippen LogP contribution is -2.07. The van der Waals surface area contributed by atoms with Gasteiger partial charge in [-0.1, -0.05) is 12.8 Å². The molecule has 0 saturated heterocycles. The monoisotopic (exact) mass is 243 g/mol. The second-order valence-electron chi connectivity index (χ2n) is 5.37. The van der Waals surface area contributed by atoms with Gasteiger partial charge in [0.2, 0.25) is 0 Å². The third kappa shape index (κ3) is 2.15.